The summed E-state index contributed by atoms with van der Waals surface area (Å²) in [5, 5.41) is 3.26. The molecule has 2 rings (SSSR count). The lowest BCUT2D eigenvalue weighted by atomic mass is 10.1. The maximum absolute atomic E-state index is 13.3. The van der Waals surface area contributed by atoms with Crippen LogP contribution in [0.25, 0.3) is 0 Å². The fourth-order valence-corrected chi connectivity index (χ4v) is 1.82. The van der Waals surface area contributed by atoms with Crippen LogP contribution in [0.4, 0.5) is 10.1 Å². The van der Waals surface area contributed by atoms with E-state index in [2.05, 4.69) is 30.4 Å². The number of nitrogens with one attached hydrogen (secondary N) is 1. The molecule has 0 fully saturated rings. The van der Waals surface area contributed by atoms with Crippen LogP contribution in [0.15, 0.2) is 42.5 Å². The Labute approximate surface area is 101 Å². The fourth-order valence-electron chi connectivity index (χ4n) is 1.82. The third kappa shape index (κ3) is 2.84. The highest BCUT2D eigenvalue weighted by Gasteiger charge is 2.02. The van der Waals surface area contributed by atoms with Gasteiger partial charge in [0, 0.05) is 17.8 Å². The molecule has 0 aliphatic rings. The van der Waals surface area contributed by atoms with Gasteiger partial charge in [0.05, 0.1) is 0 Å². The molecular weight excluding hydrogens is 213 g/mol. The number of hydrogen-bond acceptors (Lipinski definition) is 1. The topological polar surface area (TPSA) is 12.0 Å². The standard InChI is InChI=1S/C15H16FN/c1-11-5-3-6-13(9-11)10-17-15-8-4-7-14(16)12(15)2/h3-9,17H,10H2,1-2H3. The van der Waals surface area contributed by atoms with Gasteiger partial charge in [0.25, 0.3) is 0 Å². The fraction of sp³-hybridized carbons (Fsp3) is 0.200. The summed E-state index contributed by atoms with van der Waals surface area (Å²) in [6, 6.07) is 13.4. The smallest absolute Gasteiger partial charge is 0.128 e. The minimum Gasteiger partial charge on any atom is -0.381 e. The Morgan fingerprint density at radius 2 is 1.82 bits per heavy atom. The number of rotatable bonds is 3. The summed E-state index contributed by atoms with van der Waals surface area (Å²) in [6.45, 7) is 4.57. The molecule has 0 spiro atoms. The van der Waals surface area contributed by atoms with Crippen molar-refractivity contribution in [2.75, 3.05) is 5.32 Å². The van der Waals surface area contributed by atoms with Crippen molar-refractivity contribution in [3.05, 3.63) is 65.0 Å². The largest absolute Gasteiger partial charge is 0.381 e. The Hall–Kier alpha value is -1.83. The van der Waals surface area contributed by atoms with Crippen LogP contribution in [0.5, 0.6) is 0 Å². The van der Waals surface area contributed by atoms with Gasteiger partial charge in [-0.1, -0.05) is 35.9 Å². The van der Waals surface area contributed by atoms with Gasteiger partial charge in [-0.25, -0.2) is 4.39 Å². The van der Waals surface area contributed by atoms with Crippen molar-refractivity contribution in [1.29, 1.82) is 0 Å². The van der Waals surface area contributed by atoms with Gasteiger partial charge < -0.3 is 5.32 Å². The zero-order valence-electron chi connectivity index (χ0n) is 10.1. The van der Waals surface area contributed by atoms with Gasteiger partial charge in [-0.2, -0.15) is 0 Å². The molecule has 0 unspecified atom stereocenters. The molecule has 0 heterocycles. The van der Waals surface area contributed by atoms with Crippen molar-refractivity contribution in [2.45, 2.75) is 20.4 Å². The van der Waals surface area contributed by atoms with Crippen LogP contribution >= 0.6 is 0 Å². The maximum atomic E-state index is 13.3. The molecule has 2 aromatic rings. The summed E-state index contributed by atoms with van der Waals surface area (Å²) in [6.07, 6.45) is 0. The number of anilines is 1. The van der Waals surface area contributed by atoms with Crippen LogP contribution in [-0.2, 0) is 6.54 Å². The zero-order valence-corrected chi connectivity index (χ0v) is 10.1. The van der Waals surface area contributed by atoms with Crippen LogP contribution in [-0.4, -0.2) is 0 Å². The molecule has 17 heavy (non-hydrogen) atoms. The van der Waals surface area contributed by atoms with Crippen molar-refractivity contribution < 1.29 is 4.39 Å². The first kappa shape index (κ1) is 11.6. The average molecular weight is 229 g/mol. The highest BCUT2D eigenvalue weighted by atomic mass is 19.1. The van der Waals surface area contributed by atoms with E-state index in [0.29, 0.717) is 12.1 Å². The van der Waals surface area contributed by atoms with Gasteiger partial charge >= 0.3 is 0 Å². The zero-order chi connectivity index (χ0) is 12.3. The summed E-state index contributed by atoms with van der Waals surface area (Å²) < 4.78 is 13.3. The van der Waals surface area contributed by atoms with Crippen LogP contribution in [0.2, 0.25) is 0 Å². The van der Waals surface area contributed by atoms with Gasteiger partial charge in [0.15, 0.2) is 0 Å². The van der Waals surface area contributed by atoms with Crippen molar-refractivity contribution >= 4 is 5.69 Å². The Balaban J connectivity index is 2.10. The summed E-state index contributed by atoms with van der Waals surface area (Å²) in [4.78, 5) is 0. The molecule has 0 saturated carbocycles. The van der Waals surface area contributed by atoms with Crippen LogP contribution < -0.4 is 5.32 Å². The number of aryl methyl sites for hydroxylation is 1. The molecule has 1 N–H and O–H groups in total. The number of halogens is 1. The van der Waals surface area contributed by atoms with Crippen LogP contribution in [0.3, 0.4) is 0 Å². The molecule has 0 atom stereocenters. The van der Waals surface area contributed by atoms with Gasteiger partial charge in [-0.05, 0) is 31.5 Å². The maximum Gasteiger partial charge on any atom is 0.128 e. The third-order valence-corrected chi connectivity index (χ3v) is 2.83. The first-order valence-electron chi connectivity index (χ1n) is 5.71. The van der Waals surface area contributed by atoms with E-state index in [1.165, 1.54) is 17.2 Å². The number of hydrogen-bond donors (Lipinski definition) is 1. The van der Waals surface area contributed by atoms with Gasteiger partial charge in [-0.15, -0.1) is 0 Å². The molecule has 0 bridgehead atoms. The van der Waals surface area contributed by atoms with E-state index >= 15 is 0 Å². The van der Waals surface area contributed by atoms with E-state index in [4.69, 9.17) is 0 Å². The predicted molar refractivity (Wildman–Crippen MR) is 69.6 cm³/mol. The molecule has 0 radical (unpaired) electrons. The van der Waals surface area contributed by atoms with Gasteiger partial charge in [0.2, 0.25) is 0 Å². The summed E-state index contributed by atoms with van der Waals surface area (Å²) in [5.74, 6) is -0.167. The normalized spacial score (nSPS) is 10.3. The van der Waals surface area contributed by atoms with Crippen molar-refractivity contribution in [3.63, 3.8) is 0 Å². The van der Waals surface area contributed by atoms with E-state index < -0.39 is 0 Å². The monoisotopic (exact) mass is 229 g/mol. The van der Waals surface area contributed by atoms with Crippen LogP contribution in [0.1, 0.15) is 16.7 Å². The third-order valence-electron chi connectivity index (χ3n) is 2.83. The Morgan fingerprint density at radius 3 is 2.59 bits per heavy atom. The van der Waals surface area contributed by atoms with E-state index in [0.717, 1.165) is 5.69 Å². The molecule has 0 aromatic heterocycles. The molecule has 0 saturated heterocycles. The Morgan fingerprint density at radius 1 is 1.06 bits per heavy atom. The van der Waals surface area contributed by atoms with Gasteiger partial charge in [-0.3, -0.25) is 0 Å². The first-order chi connectivity index (χ1) is 8.16. The highest BCUT2D eigenvalue weighted by Crippen LogP contribution is 2.18. The lowest BCUT2D eigenvalue weighted by Crippen LogP contribution is -2.02. The quantitative estimate of drug-likeness (QED) is 0.837. The second kappa shape index (κ2) is 5.00. The molecule has 0 aliphatic heterocycles. The first-order valence-corrected chi connectivity index (χ1v) is 5.71. The van der Waals surface area contributed by atoms with Gasteiger partial charge in [0.1, 0.15) is 5.82 Å². The molecule has 2 heteroatoms. The van der Waals surface area contributed by atoms with E-state index in [-0.39, 0.29) is 5.82 Å². The predicted octanol–water partition coefficient (Wildman–Crippen LogP) is 4.05. The van der Waals surface area contributed by atoms with E-state index in [1.807, 2.05) is 12.1 Å². The SMILES string of the molecule is Cc1cccc(CNc2cccc(F)c2C)c1. The molecule has 88 valence electrons. The minimum absolute atomic E-state index is 0.167. The second-order valence-corrected chi connectivity index (χ2v) is 4.26. The summed E-state index contributed by atoms with van der Waals surface area (Å²) in [7, 11) is 0. The number of benzene rings is 2. The average Bonchev–Trinajstić information content (AvgIpc) is 2.31. The minimum atomic E-state index is -0.167. The Kier molecular flexibility index (Phi) is 3.43. The summed E-state index contributed by atoms with van der Waals surface area (Å²) >= 11 is 0. The second-order valence-electron chi connectivity index (χ2n) is 4.26. The van der Waals surface area contributed by atoms with Crippen molar-refractivity contribution in [3.8, 4) is 0 Å². The molecule has 1 nitrogen and oxygen atoms in total. The van der Waals surface area contributed by atoms with E-state index in [1.54, 1.807) is 13.0 Å². The lowest BCUT2D eigenvalue weighted by molar-refractivity contribution is 0.619. The van der Waals surface area contributed by atoms with Crippen molar-refractivity contribution in [1.82, 2.24) is 0 Å². The molecule has 0 amide bonds. The lowest BCUT2D eigenvalue weighted by Gasteiger charge is -2.10. The van der Waals surface area contributed by atoms with Crippen molar-refractivity contribution in [2.24, 2.45) is 0 Å². The van der Waals surface area contributed by atoms with E-state index in [9.17, 15) is 4.39 Å². The molecule has 2 aromatic carbocycles. The molecule has 0 aliphatic carbocycles. The highest BCUT2D eigenvalue weighted by molar-refractivity contribution is 5.51. The molecular formula is C15H16FN. The summed E-state index contributed by atoms with van der Waals surface area (Å²) in [5.41, 5.74) is 3.96. The Bertz CT molecular complexity index is 520. The van der Waals surface area contributed by atoms with Crippen LogP contribution in [0, 0.1) is 19.7 Å².